The Labute approximate surface area is 188 Å². The van der Waals surface area contributed by atoms with E-state index in [0.717, 1.165) is 54.6 Å². The van der Waals surface area contributed by atoms with Gasteiger partial charge in [0, 0.05) is 35.6 Å². The lowest BCUT2D eigenvalue weighted by atomic mass is 10.1. The summed E-state index contributed by atoms with van der Waals surface area (Å²) in [5.74, 6) is 1.74. The zero-order valence-electron chi connectivity index (χ0n) is 17.5. The Bertz CT molecular complexity index is 1140. The van der Waals surface area contributed by atoms with Gasteiger partial charge in [-0.25, -0.2) is 0 Å². The summed E-state index contributed by atoms with van der Waals surface area (Å²) < 4.78 is 5.64. The molecule has 2 aliphatic heterocycles. The Morgan fingerprint density at radius 1 is 0.903 bits per heavy atom. The molecule has 0 amide bonds. The van der Waals surface area contributed by atoms with Crippen LogP contribution < -0.4 is 9.64 Å². The third-order valence-electron chi connectivity index (χ3n) is 5.73. The van der Waals surface area contributed by atoms with Crippen LogP contribution in [0.25, 0.3) is 16.8 Å². The summed E-state index contributed by atoms with van der Waals surface area (Å²) in [4.78, 5) is 9.40. The molecule has 0 fully saturated rings. The van der Waals surface area contributed by atoms with Crippen LogP contribution in [0, 0.1) is 0 Å². The smallest absolute Gasteiger partial charge is 0.210 e. The summed E-state index contributed by atoms with van der Waals surface area (Å²) in [6, 6.07) is 24.9. The predicted molar refractivity (Wildman–Crippen MR) is 129 cm³/mol. The Morgan fingerprint density at radius 2 is 1.68 bits per heavy atom. The molecule has 2 heterocycles. The van der Waals surface area contributed by atoms with E-state index in [1.165, 1.54) is 11.1 Å². The van der Waals surface area contributed by atoms with Gasteiger partial charge in [-0.1, -0.05) is 54.1 Å². The lowest BCUT2D eigenvalue weighted by Crippen LogP contribution is -2.34. The quantitative estimate of drug-likeness (QED) is 0.488. The number of hydrogen-bond donors (Lipinski definition) is 0. The largest absolute Gasteiger partial charge is 0.496 e. The van der Waals surface area contributed by atoms with E-state index in [1.807, 2.05) is 24.3 Å². The van der Waals surface area contributed by atoms with Crippen molar-refractivity contribution in [1.29, 1.82) is 0 Å². The first kappa shape index (κ1) is 19.7. The SMILES string of the molecule is COc1cc(Cl)ccc1C1=CN(c2ccc(-c3ccccc3)cc2)C2=NCCCCN12. The van der Waals surface area contributed by atoms with Gasteiger partial charge < -0.3 is 9.64 Å². The second-order valence-electron chi connectivity index (χ2n) is 7.68. The number of guanidine groups is 1. The van der Waals surface area contributed by atoms with Gasteiger partial charge in [0.05, 0.1) is 12.8 Å². The number of nitrogens with zero attached hydrogens (tertiary/aromatic N) is 3. The van der Waals surface area contributed by atoms with E-state index < -0.39 is 0 Å². The van der Waals surface area contributed by atoms with Crippen molar-refractivity contribution in [1.82, 2.24) is 4.90 Å². The number of anilines is 1. The molecule has 156 valence electrons. The maximum Gasteiger partial charge on any atom is 0.210 e. The van der Waals surface area contributed by atoms with E-state index in [-0.39, 0.29) is 0 Å². The zero-order valence-corrected chi connectivity index (χ0v) is 18.2. The minimum Gasteiger partial charge on any atom is -0.496 e. The van der Waals surface area contributed by atoms with Gasteiger partial charge in [-0.2, -0.15) is 0 Å². The highest BCUT2D eigenvalue weighted by molar-refractivity contribution is 6.30. The van der Waals surface area contributed by atoms with E-state index in [0.29, 0.717) is 5.02 Å². The summed E-state index contributed by atoms with van der Waals surface area (Å²) in [5, 5.41) is 0.664. The molecule has 0 atom stereocenters. The lowest BCUT2D eigenvalue weighted by molar-refractivity contribution is 0.412. The molecule has 0 aromatic heterocycles. The van der Waals surface area contributed by atoms with Crippen molar-refractivity contribution in [2.45, 2.75) is 12.8 Å². The molecule has 0 unspecified atom stereocenters. The Balaban J connectivity index is 1.55. The number of ether oxygens (including phenoxy) is 1. The molecular formula is C26H24ClN3O. The van der Waals surface area contributed by atoms with Crippen LogP contribution in [0.3, 0.4) is 0 Å². The van der Waals surface area contributed by atoms with E-state index in [1.54, 1.807) is 7.11 Å². The number of hydrogen-bond acceptors (Lipinski definition) is 4. The monoisotopic (exact) mass is 429 g/mol. The highest BCUT2D eigenvalue weighted by Gasteiger charge is 2.32. The standard InChI is InChI=1S/C26H24ClN3O/c1-31-25-17-21(27)11-14-23(25)24-18-30(26-28-15-5-6-16-29(24)26)22-12-9-20(10-13-22)19-7-3-2-4-8-19/h2-4,7-14,17-18H,5-6,15-16H2,1H3. The molecule has 0 radical (unpaired) electrons. The van der Waals surface area contributed by atoms with Gasteiger partial charge in [0.25, 0.3) is 0 Å². The van der Waals surface area contributed by atoms with Crippen LogP contribution in [0.5, 0.6) is 5.75 Å². The Hall–Kier alpha value is -3.24. The number of benzene rings is 3. The van der Waals surface area contributed by atoms with Crippen LogP contribution >= 0.6 is 11.6 Å². The first-order chi connectivity index (χ1) is 15.2. The topological polar surface area (TPSA) is 28.1 Å². The molecule has 2 aliphatic rings. The molecule has 0 saturated carbocycles. The van der Waals surface area contributed by atoms with Gasteiger partial charge in [0.2, 0.25) is 5.96 Å². The number of methoxy groups -OCH3 is 1. The number of fused-ring (bicyclic) bond motifs is 1. The summed E-state index contributed by atoms with van der Waals surface area (Å²) >= 11 is 6.21. The first-order valence-corrected chi connectivity index (χ1v) is 10.9. The molecule has 3 aromatic carbocycles. The first-order valence-electron chi connectivity index (χ1n) is 10.6. The van der Waals surface area contributed by atoms with Crippen LogP contribution in [0.4, 0.5) is 5.69 Å². The normalized spacial score (nSPS) is 15.8. The number of rotatable bonds is 4. The number of aliphatic imine (C=N–C) groups is 1. The summed E-state index contributed by atoms with van der Waals surface area (Å²) in [6.45, 7) is 1.76. The van der Waals surface area contributed by atoms with E-state index in [2.05, 4.69) is 64.5 Å². The maximum atomic E-state index is 6.21. The van der Waals surface area contributed by atoms with Crippen molar-refractivity contribution >= 4 is 28.9 Å². The van der Waals surface area contributed by atoms with E-state index in [4.69, 9.17) is 21.3 Å². The van der Waals surface area contributed by atoms with Crippen LogP contribution in [-0.2, 0) is 0 Å². The van der Waals surface area contributed by atoms with Gasteiger partial charge >= 0.3 is 0 Å². The molecule has 31 heavy (non-hydrogen) atoms. The fraction of sp³-hybridized carbons (Fsp3) is 0.192. The fourth-order valence-corrected chi connectivity index (χ4v) is 4.32. The Kier molecular flexibility index (Phi) is 5.39. The van der Waals surface area contributed by atoms with Crippen molar-refractivity contribution in [2.24, 2.45) is 4.99 Å². The Morgan fingerprint density at radius 3 is 2.45 bits per heavy atom. The van der Waals surface area contributed by atoms with Crippen LogP contribution in [0.2, 0.25) is 5.02 Å². The zero-order chi connectivity index (χ0) is 21.2. The van der Waals surface area contributed by atoms with Crippen molar-refractivity contribution in [3.05, 3.63) is 89.6 Å². The average Bonchev–Trinajstić information content (AvgIpc) is 3.00. The van der Waals surface area contributed by atoms with E-state index >= 15 is 0 Å². The predicted octanol–water partition coefficient (Wildman–Crippen LogP) is 6.29. The van der Waals surface area contributed by atoms with Gasteiger partial charge in [-0.3, -0.25) is 9.89 Å². The van der Waals surface area contributed by atoms with Gasteiger partial charge in [-0.15, -0.1) is 0 Å². The lowest BCUT2D eigenvalue weighted by Gasteiger charge is -2.25. The molecule has 5 heteroatoms. The third-order valence-corrected chi connectivity index (χ3v) is 5.97. The average molecular weight is 430 g/mol. The van der Waals surface area contributed by atoms with Crippen molar-refractivity contribution in [3.63, 3.8) is 0 Å². The molecule has 4 nitrogen and oxygen atoms in total. The van der Waals surface area contributed by atoms with Crippen molar-refractivity contribution < 1.29 is 4.74 Å². The van der Waals surface area contributed by atoms with Crippen molar-refractivity contribution in [2.75, 3.05) is 25.1 Å². The number of halogens is 1. The van der Waals surface area contributed by atoms with Crippen molar-refractivity contribution in [3.8, 4) is 16.9 Å². The highest BCUT2D eigenvalue weighted by Crippen LogP contribution is 2.38. The molecule has 0 aliphatic carbocycles. The highest BCUT2D eigenvalue weighted by atomic mass is 35.5. The molecule has 0 spiro atoms. The fourth-order valence-electron chi connectivity index (χ4n) is 4.16. The summed E-state index contributed by atoms with van der Waals surface area (Å²) in [6.07, 6.45) is 4.35. The second kappa shape index (κ2) is 8.48. The maximum absolute atomic E-state index is 6.21. The van der Waals surface area contributed by atoms with Gasteiger partial charge in [-0.05, 0) is 54.3 Å². The molecule has 3 aromatic rings. The van der Waals surface area contributed by atoms with Gasteiger partial charge in [0.1, 0.15) is 5.75 Å². The molecular weight excluding hydrogens is 406 g/mol. The minimum atomic E-state index is 0.664. The van der Waals surface area contributed by atoms with Crippen LogP contribution in [0.15, 0.2) is 84.0 Å². The summed E-state index contributed by atoms with van der Waals surface area (Å²) in [7, 11) is 1.68. The van der Waals surface area contributed by atoms with Crippen LogP contribution in [-0.4, -0.2) is 31.1 Å². The molecule has 0 N–H and O–H groups in total. The summed E-state index contributed by atoms with van der Waals surface area (Å²) in [5.41, 5.74) is 5.61. The van der Waals surface area contributed by atoms with E-state index in [9.17, 15) is 0 Å². The third kappa shape index (κ3) is 3.79. The minimum absolute atomic E-state index is 0.664. The molecule has 5 rings (SSSR count). The molecule has 0 saturated heterocycles. The molecule has 0 bridgehead atoms. The second-order valence-corrected chi connectivity index (χ2v) is 8.12. The van der Waals surface area contributed by atoms with Gasteiger partial charge in [0.15, 0.2) is 0 Å². The van der Waals surface area contributed by atoms with Crippen LogP contribution in [0.1, 0.15) is 18.4 Å².